The third kappa shape index (κ3) is 2.99. The summed E-state index contributed by atoms with van der Waals surface area (Å²) in [7, 11) is 1.41. The van der Waals surface area contributed by atoms with Crippen molar-refractivity contribution in [2.24, 2.45) is 0 Å². The Morgan fingerprint density at radius 1 is 1.12 bits per heavy atom. The standard InChI is InChI=1S/C18H13FN4O2S/c1-10-5-3-4-6-11(10)16-22-23-18(25-16)26-17-12-7-15(24-2)13(19)8-14(12)20-9-21-17/h3-9H,1-2H3. The smallest absolute Gasteiger partial charge is 0.283 e. The molecule has 130 valence electrons. The number of methoxy groups -OCH3 is 1. The number of aromatic nitrogens is 4. The minimum atomic E-state index is -0.478. The molecule has 0 aliphatic rings. The van der Waals surface area contributed by atoms with Crippen LogP contribution in [-0.4, -0.2) is 27.3 Å². The number of benzene rings is 2. The summed E-state index contributed by atoms with van der Waals surface area (Å²) >= 11 is 1.19. The predicted octanol–water partition coefficient (Wildman–Crippen LogP) is 4.29. The van der Waals surface area contributed by atoms with Gasteiger partial charge in [0.1, 0.15) is 11.4 Å². The Bertz CT molecular complexity index is 1100. The monoisotopic (exact) mass is 368 g/mol. The largest absolute Gasteiger partial charge is 0.494 e. The Hall–Kier alpha value is -3.00. The van der Waals surface area contributed by atoms with Crippen LogP contribution in [0.15, 0.2) is 57.4 Å². The molecule has 0 unspecified atom stereocenters. The average Bonchev–Trinajstić information content (AvgIpc) is 3.10. The fourth-order valence-corrected chi connectivity index (χ4v) is 3.27. The molecule has 0 saturated heterocycles. The van der Waals surface area contributed by atoms with Crippen LogP contribution in [0.25, 0.3) is 22.4 Å². The van der Waals surface area contributed by atoms with Gasteiger partial charge in [-0.15, -0.1) is 10.2 Å². The van der Waals surface area contributed by atoms with Gasteiger partial charge in [-0.2, -0.15) is 0 Å². The Labute approximate surface area is 152 Å². The van der Waals surface area contributed by atoms with Crippen molar-refractivity contribution in [3.05, 3.63) is 54.1 Å². The molecule has 2 aromatic heterocycles. The first kappa shape index (κ1) is 16.5. The van der Waals surface area contributed by atoms with Gasteiger partial charge in [0, 0.05) is 17.0 Å². The van der Waals surface area contributed by atoms with Gasteiger partial charge in [-0.05, 0) is 36.4 Å². The number of nitrogens with zero attached hydrogens (tertiary/aromatic N) is 4. The van der Waals surface area contributed by atoms with Gasteiger partial charge in [-0.1, -0.05) is 18.2 Å². The molecule has 4 rings (SSSR count). The maximum atomic E-state index is 13.9. The van der Waals surface area contributed by atoms with E-state index in [1.807, 2.05) is 31.2 Å². The van der Waals surface area contributed by atoms with Crippen LogP contribution in [-0.2, 0) is 0 Å². The van der Waals surface area contributed by atoms with Gasteiger partial charge in [0.25, 0.3) is 5.22 Å². The van der Waals surface area contributed by atoms with Crippen molar-refractivity contribution >= 4 is 22.7 Å². The van der Waals surface area contributed by atoms with Gasteiger partial charge in [0.15, 0.2) is 11.6 Å². The first-order valence-electron chi connectivity index (χ1n) is 7.71. The summed E-state index contributed by atoms with van der Waals surface area (Å²) in [4.78, 5) is 8.35. The van der Waals surface area contributed by atoms with Crippen LogP contribution in [0.4, 0.5) is 4.39 Å². The number of hydrogen-bond acceptors (Lipinski definition) is 7. The van der Waals surface area contributed by atoms with Crippen molar-refractivity contribution in [2.75, 3.05) is 7.11 Å². The van der Waals surface area contributed by atoms with E-state index in [9.17, 15) is 4.39 Å². The van der Waals surface area contributed by atoms with E-state index in [-0.39, 0.29) is 5.75 Å². The third-order valence-electron chi connectivity index (χ3n) is 3.84. The minimum Gasteiger partial charge on any atom is -0.494 e. The summed E-state index contributed by atoms with van der Waals surface area (Å²) in [6.07, 6.45) is 1.37. The van der Waals surface area contributed by atoms with E-state index in [4.69, 9.17) is 9.15 Å². The fraction of sp³-hybridized carbons (Fsp3) is 0.111. The van der Waals surface area contributed by atoms with E-state index in [2.05, 4.69) is 20.2 Å². The van der Waals surface area contributed by atoms with Crippen LogP contribution in [0.5, 0.6) is 5.75 Å². The van der Waals surface area contributed by atoms with Gasteiger partial charge in [-0.25, -0.2) is 14.4 Å². The van der Waals surface area contributed by atoms with Gasteiger partial charge in [0.2, 0.25) is 5.89 Å². The Balaban J connectivity index is 1.71. The van der Waals surface area contributed by atoms with Crippen molar-refractivity contribution < 1.29 is 13.5 Å². The SMILES string of the molecule is COc1cc2c(Sc3nnc(-c4ccccc4C)o3)ncnc2cc1F. The average molecular weight is 368 g/mol. The molecule has 0 radical (unpaired) electrons. The normalized spacial score (nSPS) is 11.0. The Morgan fingerprint density at radius 3 is 2.77 bits per heavy atom. The highest BCUT2D eigenvalue weighted by Crippen LogP contribution is 2.34. The summed E-state index contributed by atoms with van der Waals surface area (Å²) in [6.45, 7) is 1.98. The van der Waals surface area contributed by atoms with E-state index in [0.29, 0.717) is 27.0 Å². The number of fused-ring (bicyclic) bond motifs is 1. The van der Waals surface area contributed by atoms with E-state index >= 15 is 0 Å². The molecule has 0 aliphatic heterocycles. The maximum Gasteiger partial charge on any atom is 0.283 e. The Morgan fingerprint density at radius 2 is 1.96 bits per heavy atom. The molecule has 8 heteroatoms. The summed E-state index contributed by atoms with van der Waals surface area (Å²) < 4.78 is 24.7. The van der Waals surface area contributed by atoms with Gasteiger partial charge in [0.05, 0.1) is 12.6 Å². The predicted molar refractivity (Wildman–Crippen MR) is 94.6 cm³/mol. The van der Waals surface area contributed by atoms with Crippen molar-refractivity contribution in [1.82, 2.24) is 20.2 Å². The second kappa shape index (κ2) is 6.72. The quantitative estimate of drug-likeness (QED) is 0.498. The molecule has 4 aromatic rings. The number of aryl methyl sites for hydroxylation is 1. The van der Waals surface area contributed by atoms with Crippen molar-refractivity contribution in [1.29, 1.82) is 0 Å². The summed E-state index contributed by atoms with van der Waals surface area (Å²) in [6, 6.07) is 10.6. The highest BCUT2D eigenvalue weighted by molar-refractivity contribution is 7.99. The van der Waals surface area contributed by atoms with Crippen LogP contribution < -0.4 is 4.74 Å². The lowest BCUT2D eigenvalue weighted by Crippen LogP contribution is -1.92. The number of rotatable bonds is 4. The molecule has 0 N–H and O–H groups in total. The van der Waals surface area contributed by atoms with Crippen LogP contribution >= 0.6 is 11.8 Å². The van der Waals surface area contributed by atoms with Crippen molar-refractivity contribution in [2.45, 2.75) is 17.2 Å². The van der Waals surface area contributed by atoms with Gasteiger partial charge < -0.3 is 9.15 Å². The van der Waals surface area contributed by atoms with E-state index < -0.39 is 5.82 Å². The zero-order valence-corrected chi connectivity index (χ0v) is 14.7. The van der Waals surface area contributed by atoms with Crippen molar-refractivity contribution in [3.8, 4) is 17.2 Å². The zero-order valence-electron chi connectivity index (χ0n) is 13.9. The minimum absolute atomic E-state index is 0.125. The van der Waals surface area contributed by atoms with E-state index in [1.54, 1.807) is 6.07 Å². The number of halogens is 1. The van der Waals surface area contributed by atoms with Gasteiger partial charge >= 0.3 is 0 Å². The molecule has 0 aliphatic carbocycles. The molecule has 2 aromatic carbocycles. The molecular weight excluding hydrogens is 355 g/mol. The zero-order chi connectivity index (χ0) is 18.1. The van der Waals surface area contributed by atoms with Crippen LogP contribution in [0.3, 0.4) is 0 Å². The summed E-state index contributed by atoms with van der Waals surface area (Å²) in [5.41, 5.74) is 2.39. The molecule has 2 heterocycles. The van der Waals surface area contributed by atoms with Crippen LogP contribution in [0, 0.1) is 12.7 Å². The lowest BCUT2D eigenvalue weighted by molar-refractivity contribution is 0.387. The summed E-state index contributed by atoms with van der Waals surface area (Å²) in [5, 5.41) is 9.74. The molecule has 0 fully saturated rings. The topological polar surface area (TPSA) is 73.9 Å². The first-order chi connectivity index (χ1) is 12.7. The second-order valence-electron chi connectivity index (χ2n) is 5.47. The maximum absolute atomic E-state index is 13.9. The molecule has 0 saturated carbocycles. The van der Waals surface area contributed by atoms with Crippen LogP contribution in [0.1, 0.15) is 5.56 Å². The molecule has 6 nitrogen and oxygen atoms in total. The second-order valence-corrected chi connectivity index (χ2v) is 6.41. The highest BCUT2D eigenvalue weighted by atomic mass is 32.2. The van der Waals surface area contributed by atoms with Crippen molar-refractivity contribution in [3.63, 3.8) is 0 Å². The van der Waals surface area contributed by atoms with E-state index in [0.717, 1.165) is 11.1 Å². The number of hydrogen-bond donors (Lipinski definition) is 0. The molecule has 0 bridgehead atoms. The van der Waals surface area contributed by atoms with Gasteiger partial charge in [-0.3, -0.25) is 0 Å². The lowest BCUT2D eigenvalue weighted by Gasteiger charge is -2.06. The first-order valence-corrected chi connectivity index (χ1v) is 8.53. The van der Waals surface area contributed by atoms with Crippen LogP contribution in [0.2, 0.25) is 0 Å². The van der Waals surface area contributed by atoms with E-state index in [1.165, 1.54) is 31.3 Å². The molecule has 0 atom stereocenters. The lowest BCUT2D eigenvalue weighted by atomic mass is 10.1. The Kier molecular flexibility index (Phi) is 4.26. The molecule has 26 heavy (non-hydrogen) atoms. The fourth-order valence-electron chi connectivity index (χ4n) is 2.53. The number of ether oxygens (including phenoxy) is 1. The molecular formula is C18H13FN4O2S. The summed E-state index contributed by atoms with van der Waals surface area (Å²) in [5.74, 6) is 0.0853. The highest BCUT2D eigenvalue weighted by Gasteiger charge is 2.16. The molecule has 0 spiro atoms. The third-order valence-corrected chi connectivity index (χ3v) is 4.70. The molecule has 0 amide bonds.